The lowest BCUT2D eigenvalue weighted by atomic mass is 10.0. The van der Waals surface area contributed by atoms with Crippen molar-refractivity contribution in [1.29, 1.82) is 0 Å². The van der Waals surface area contributed by atoms with Gasteiger partial charge in [0.25, 0.3) is 5.91 Å². The van der Waals surface area contributed by atoms with Crippen molar-refractivity contribution in [3.63, 3.8) is 0 Å². The second-order valence-electron chi connectivity index (χ2n) is 6.43. The van der Waals surface area contributed by atoms with E-state index in [-0.39, 0.29) is 5.91 Å². The van der Waals surface area contributed by atoms with E-state index < -0.39 is 0 Å². The third-order valence-electron chi connectivity index (χ3n) is 4.73. The number of thiophene rings is 1. The molecule has 4 heterocycles. The molecule has 0 saturated carbocycles. The zero-order chi connectivity index (χ0) is 18.9. The van der Waals surface area contributed by atoms with Gasteiger partial charge >= 0.3 is 0 Å². The molecular formula is C22H16N4OS. The van der Waals surface area contributed by atoms with Crippen molar-refractivity contribution in [2.24, 2.45) is 0 Å². The van der Waals surface area contributed by atoms with E-state index in [2.05, 4.69) is 15.3 Å². The molecule has 1 aromatic carbocycles. The van der Waals surface area contributed by atoms with E-state index in [0.717, 1.165) is 33.4 Å². The second kappa shape index (κ2) is 6.90. The quantitative estimate of drug-likeness (QED) is 0.495. The van der Waals surface area contributed by atoms with Gasteiger partial charge in [-0.1, -0.05) is 36.4 Å². The van der Waals surface area contributed by atoms with Crippen LogP contribution in [0.1, 0.15) is 15.9 Å². The number of nitrogens with one attached hydrogen (secondary N) is 1. The summed E-state index contributed by atoms with van der Waals surface area (Å²) in [6, 6.07) is 17.7. The number of hydrogen-bond donors (Lipinski definition) is 1. The molecule has 5 aromatic rings. The molecule has 0 aliphatic carbocycles. The monoisotopic (exact) mass is 384 g/mol. The summed E-state index contributed by atoms with van der Waals surface area (Å²) in [7, 11) is 0. The zero-order valence-electron chi connectivity index (χ0n) is 14.9. The van der Waals surface area contributed by atoms with Crippen LogP contribution in [0.4, 0.5) is 0 Å². The minimum atomic E-state index is -0.128. The Morgan fingerprint density at radius 1 is 1.04 bits per heavy atom. The van der Waals surface area contributed by atoms with Crippen LogP contribution in [0.5, 0.6) is 0 Å². The normalized spacial score (nSPS) is 11.1. The van der Waals surface area contributed by atoms with E-state index in [1.807, 2.05) is 76.0 Å². The Morgan fingerprint density at radius 2 is 1.89 bits per heavy atom. The van der Waals surface area contributed by atoms with Crippen LogP contribution in [0.2, 0.25) is 0 Å². The highest BCUT2D eigenvalue weighted by atomic mass is 32.1. The minimum Gasteiger partial charge on any atom is -0.348 e. The van der Waals surface area contributed by atoms with Crippen molar-refractivity contribution in [3.8, 4) is 11.3 Å². The molecule has 28 heavy (non-hydrogen) atoms. The molecule has 5 rings (SSSR count). The molecule has 0 radical (unpaired) electrons. The summed E-state index contributed by atoms with van der Waals surface area (Å²) < 4.78 is 1.95. The highest BCUT2D eigenvalue weighted by Crippen LogP contribution is 2.32. The van der Waals surface area contributed by atoms with E-state index >= 15 is 0 Å². The van der Waals surface area contributed by atoms with E-state index in [9.17, 15) is 4.79 Å². The number of hydrogen-bond acceptors (Lipinski definition) is 4. The molecule has 0 bridgehead atoms. The molecule has 0 saturated heterocycles. The summed E-state index contributed by atoms with van der Waals surface area (Å²) in [5, 5.41) is 7.86. The average molecular weight is 384 g/mol. The second-order valence-corrected chi connectivity index (χ2v) is 7.21. The van der Waals surface area contributed by atoms with E-state index in [4.69, 9.17) is 0 Å². The molecular weight excluding hydrogens is 368 g/mol. The van der Waals surface area contributed by atoms with Crippen LogP contribution in [0.15, 0.2) is 77.9 Å². The lowest BCUT2D eigenvalue weighted by Gasteiger charge is -2.06. The Hall–Kier alpha value is -3.51. The first-order chi connectivity index (χ1) is 13.8. The maximum absolute atomic E-state index is 13.2. The molecule has 6 heteroatoms. The highest BCUT2D eigenvalue weighted by Gasteiger charge is 2.22. The van der Waals surface area contributed by atoms with Crippen molar-refractivity contribution in [3.05, 3.63) is 89.0 Å². The molecule has 1 amide bonds. The predicted molar refractivity (Wildman–Crippen MR) is 111 cm³/mol. The molecule has 0 spiro atoms. The summed E-state index contributed by atoms with van der Waals surface area (Å²) >= 11 is 1.62. The highest BCUT2D eigenvalue weighted by molar-refractivity contribution is 7.07. The first-order valence-electron chi connectivity index (χ1n) is 8.91. The van der Waals surface area contributed by atoms with E-state index in [1.165, 1.54) is 0 Å². The minimum absolute atomic E-state index is 0.128. The van der Waals surface area contributed by atoms with Gasteiger partial charge in [-0.3, -0.25) is 4.79 Å². The van der Waals surface area contributed by atoms with Crippen LogP contribution in [-0.2, 0) is 6.54 Å². The van der Waals surface area contributed by atoms with Gasteiger partial charge in [0.15, 0.2) is 0 Å². The number of nitrogens with zero attached hydrogens (tertiary/aromatic N) is 3. The van der Waals surface area contributed by atoms with Gasteiger partial charge in [0, 0.05) is 18.3 Å². The fraction of sp³-hybridized carbons (Fsp3) is 0.0455. The van der Waals surface area contributed by atoms with Crippen LogP contribution < -0.4 is 5.32 Å². The van der Waals surface area contributed by atoms with Crippen molar-refractivity contribution in [2.45, 2.75) is 6.54 Å². The Labute approximate surface area is 165 Å². The van der Waals surface area contributed by atoms with Gasteiger partial charge in [0.05, 0.1) is 22.2 Å². The summed E-state index contributed by atoms with van der Waals surface area (Å²) in [5.41, 5.74) is 4.95. The fourth-order valence-electron chi connectivity index (χ4n) is 3.46. The maximum atomic E-state index is 13.2. The lowest BCUT2D eigenvalue weighted by molar-refractivity contribution is 0.0954. The molecule has 0 atom stereocenters. The molecule has 1 N–H and O–H groups in total. The zero-order valence-corrected chi connectivity index (χ0v) is 15.7. The number of amides is 1. The summed E-state index contributed by atoms with van der Waals surface area (Å²) in [5.74, 6) is -0.128. The molecule has 0 aliphatic rings. The van der Waals surface area contributed by atoms with Gasteiger partial charge in [0.1, 0.15) is 12.0 Å². The van der Waals surface area contributed by atoms with Crippen molar-refractivity contribution in [1.82, 2.24) is 19.7 Å². The van der Waals surface area contributed by atoms with E-state index in [0.29, 0.717) is 12.1 Å². The van der Waals surface area contributed by atoms with Gasteiger partial charge in [-0.15, -0.1) is 0 Å². The third-order valence-corrected chi connectivity index (χ3v) is 5.46. The molecule has 5 nitrogen and oxygen atoms in total. The van der Waals surface area contributed by atoms with Gasteiger partial charge in [-0.25, -0.2) is 9.97 Å². The number of benzene rings is 1. The predicted octanol–water partition coefficient (Wildman–Crippen LogP) is 4.54. The Morgan fingerprint density at radius 3 is 2.71 bits per heavy atom. The number of rotatable bonds is 4. The number of carbonyl (C=O) groups excluding carboxylic acids is 1. The molecule has 4 aromatic heterocycles. The topological polar surface area (TPSA) is 59.3 Å². The van der Waals surface area contributed by atoms with Crippen LogP contribution in [0, 0.1) is 0 Å². The number of fused-ring (bicyclic) bond motifs is 3. The Bertz CT molecular complexity index is 1280. The van der Waals surface area contributed by atoms with Crippen LogP contribution >= 0.6 is 11.3 Å². The smallest absolute Gasteiger partial charge is 0.254 e. The molecule has 0 aliphatic heterocycles. The average Bonchev–Trinajstić information content (AvgIpc) is 3.38. The van der Waals surface area contributed by atoms with Crippen LogP contribution in [-0.4, -0.2) is 20.3 Å². The number of carbonyl (C=O) groups is 1. The largest absolute Gasteiger partial charge is 0.348 e. The Balaban J connectivity index is 1.72. The van der Waals surface area contributed by atoms with Gasteiger partial charge < -0.3 is 9.72 Å². The first kappa shape index (κ1) is 16.6. The summed E-state index contributed by atoms with van der Waals surface area (Å²) in [6.45, 7) is 0.488. The van der Waals surface area contributed by atoms with Crippen molar-refractivity contribution >= 4 is 33.8 Å². The van der Waals surface area contributed by atoms with Crippen molar-refractivity contribution in [2.75, 3.05) is 0 Å². The van der Waals surface area contributed by atoms with Crippen molar-refractivity contribution < 1.29 is 4.79 Å². The van der Waals surface area contributed by atoms with Gasteiger partial charge in [-0.2, -0.15) is 11.3 Å². The maximum Gasteiger partial charge on any atom is 0.254 e. The Kier molecular flexibility index (Phi) is 4.10. The van der Waals surface area contributed by atoms with Gasteiger partial charge in [-0.05, 0) is 34.5 Å². The lowest BCUT2D eigenvalue weighted by Crippen LogP contribution is -2.22. The molecule has 0 fully saturated rings. The standard InChI is InChI=1S/C22H16N4OS/c27-22(23-12-15-9-11-28-13-15)18-17-8-4-5-10-26(17)21-19(18)20(24-14-25-21)16-6-2-1-3-7-16/h1-11,13-14H,12H2,(H,23,27). The van der Waals surface area contributed by atoms with Crippen LogP contribution in [0.3, 0.4) is 0 Å². The third kappa shape index (κ3) is 2.75. The molecule has 0 unspecified atom stereocenters. The number of aromatic nitrogens is 3. The summed E-state index contributed by atoms with van der Waals surface area (Å²) in [6.07, 6.45) is 3.48. The fourth-order valence-corrected chi connectivity index (χ4v) is 4.13. The number of pyridine rings is 1. The first-order valence-corrected chi connectivity index (χ1v) is 9.85. The molecule has 136 valence electrons. The SMILES string of the molecule is O=C(NCc1ccsc1)c1c2c(-c3ccccc3)ncnc2n2ccccc12. The summed E-state index contributed by atoms with van der Waals surface area (Å²) in [4.78, 5) is 22.2. The van der Waals surface area contributed by atoms with Crippen LogP contribution in [0.25, 0.3) is 27.8 Å². The van der Waals surface area contributed by atoms with Gasteiger partial charge in [0.2, 0.25) is 0 Å². The van der Waals surface area contributed by atoms with E-state index in [1.54, 1.807) is 17.7 Å².